The summed E-state index contributed by atoms with van der Waals surface area (Å²) in [5.41, 5.74) is 2.74. The Morgan fingerprint density at radius 1 is 1.40 bits per heavy atom. The number of nitrogens with zero attached hydrogens (tertiary/aromatic N) is 4. The molecule has 7 nitrogen and oxygen atoms in total. The van der Waals surface area contributed by atoms with E-state index in [-0.39, 0.29) is 18.0 Å². The molecule has 0 aromatic carbocycles. The van der Waals surface area contributed by atoms with E-state index in [1.54, 1.807) is 12.4 Å². The molecule has 0 spiro atoms. The van der Waals surface area contributed by atoms with Gasteiger partial charge in [-0.25, -0.2) is 19.7 Å². The first-order chi connectivity index (χ1) is 12.0. The molecule has 2 N–H and O–H groups in total. The van der Waals surface area contributed by atoms with E-state index in [9.17, 15) is 4.79 Å². The third kappa shape index (κ3) is 2.79. The van der Waals surface area contributed by atoms with E-state index in [2.05, 4.69) is 25.3 Å². The number of H-pyrrole nitrogens is 1. The summed E-state index contributed by atoms with van der Waals surface area (Å²) in [6.45, 7) is 7.36. The van der Waals surface area contributed by atoms with Gasteiger partial charge in [0.05, 0.1) is 11.7 Å². The first-order valence-electron chi connectivity index (χ1n) is 8.68. The number of likely N-dealkylation sites (tertiary alicyclic amines) is 1. The van der Waals surface area contributed by atoms with Crippen LogP contribution in [0, 0.1) is 6.92 Å². The first kappa shape index (κ1) is 15.8. The number of carbonyl (C=O) groups excluding carboxylic acids is 1. The van der Waals surface area contributed by atoms with E-state index in [0.29, 0.717) is 6.54 Å². The number of aryl methyl sites for hydroxylation is 1. The average molecular weight is 338 g/mol. The third-order valence-corrected chi connectivity index (χ3v) is 4.68. The summed E-state index contributed by atoms with van der Waals surface area (Å²) in [6, 6.07) is 2.13. The highest BCUT2D eigenvalue weighted by Gasteiger charge is 2.30. The summed E-state index contributed by atoms with van der Waals surface area (Å²) in [4.78, 5) is 30.9. The van der Waals surface area contributed by atoms with E-state index in [4.69, 9.17) is 0 Å². The summed E-state index contributed by atoms with van der Waals surface area (Å²) >= 11 is 0. The number of hydrogen-bond acceptors (Lipinski definition) is 4. The maximum Gasteiger partial charge on any atom is 0.317 e. The van der Waals surface area contributed by atoms with Crippen LogP contribution in [-0.2, 0) is 0 Å². The molecule has 1 aliphatic heterocycles. The van der Waals surface area contributed by atoms with Crippen molar-refractivity contribution in [2.24, 2.45) is 0 Å². The molecule has 3 aromatic heterocycles. The fraction of sp³-hybridized carbons (Fsp3) is 0.444. The van der Waals surface area contributed by atoms with E-state index in [1.165, 1.54) is 0 Å². The summed E-state index contributed by atoms with van der Waals surface area (Å²) < 4.78 is 0. The van der Waals surface area contributed by atoms with Gasteiger partial charge in [0.2, 0.25) is 0 Å². The predicted octanol–water partition coefficient (Wildman–Crippen LogP) is 2.72. The molecule has 1 atom stereocenters. The fourth-order valence-corrected chi connectivity index (χ4v) is 3.61. The van der Waals surface area contributed by atoms with Gasteiger partial charge in [-0.15, -0.1) is 0 Å². The summed E-state index contributed by atoms with van der Waals surface area (Å²) in [6.07, 6.45) is 4.49. The second-order valence-corrected chi connectivity index (χ2v) is 6.97. The summed E-state index contributed by atoms with van der Waals surface area (Å²) in [7, 11) is 0. The van der Waals surface area contributed by atoms with Crippen LogP contribution >= 0.6 is 0 Å². The standard InChI is InChI=1S/C18H22N6O/c1-10(2)21-18(25)24-7-5-12(9-24)16-15-13-4-6-19-17(13)20-8-14(15)22-11(3)23-16/h4,6,8,10,12H,5,7,9H2,1-3H3,(H,21,25)(H,22,23). The lowest BCUT2D eigenvalue weighted by Gasteiger charge is -2.20. The molecule has 130 valence electrons. The monoisotopic (exact) mass is 338 g/mol. The van der Waals surface area contributed by atoms with Crippen molar-refractivity contribution in [3.8, 4) is 0 Å². The normalized spacial score (nSPS) is 17.8. The maximum atomic E-state index is 12.3. The van der Waals surface area contributed by atoms with Gasteiger partial charge in [0.1, 0.15) is 5.82 Å². The minimum atomic E-state index is 0.00868. The lowest BCUT2D eigenvalue weighted by Crippen LogP contribution is -2.41. The Labute approximate surface area is 145 Å². The van der Waals surface area contributed by atoms with Crippen LogP contribution in [0.1, 0.15) is 37.7 Å². The second-order valence-electron chi connectivity index (χ2n) is 6.97. The molecular formula is C18H22N6O. The fourth-order valence-electron chi connectivity index (χ4n) is 3.61. The molecule has 4 rings (SSSR count). The zero-order chi connectivity index (χ0) is 17.6. The van der Waals surface area contributed by atoms with Crippen LogP contribution in [0.25, 0.3) is 21.9 Å². The van der Waals surface area contributed by atoms with Gasteiger partial charge >= 0.3 is 6.03 Å². The number of urea groups is 1. The minimum Gasteiger partial charge on any atom is -0.346 e. The van der Waals surface area contributed by atoms with Gasteiger partial charge in [0.25, 0.3) is 0 Å². The van der Waals surface area contributed by atoms with Crippen LogP contribution in [0.5, 0.6) is 0 Å². The van der Waals surface area contributed by atoms with E-state index in [0.717, 1.165) is 46.4 Å². The van der Waals surface area contributed by atoms with Gasteiger partial charge in [-0.2, -0.15) is 0 Å². The van der Waals surface area contributed by atoms with E-state index in [1.807, 2.05) is 31.7 Å². The summed E-state index contributed by atoms with van der Waals surface area (Å²) in [5.74, 6) is 1.11. The number of fused-ring (bicyclic) bond motifs is 3. The Morgan fingerprint density at radius 3 is 3.04 bits per heavy atom. The zero-order valence-corrected chi connectivity index (χ0v) is 14.7. The Bertz CT molecular complexity index is 947. The average Bonchev–Trinajstić information content (AvgIpc) is 3.22. The van der Waals surface area contributed by atoms with Crippen molar-refractivity contribution in [1.29, 1.82) is 0 Å². The number of aromatic amines is 1. The highest BCUT2D eigenvalue weighted by atomic mass is 16.2. The number of amides is 2. The molecule has 0 bridgehead atoms. The van der Waals surface area contributed by atoms with Gasteiger partial charge in [-0.3, -0.25) is 0 Å². The van der Waals surface area contributed by atoms with E-state index < -0.39 is 0 Å². The highest BCUT2D eigenvalue weighted by Crippen LogP contribution is 2.33. The van der Waals surface area contributed by atoms with Crippen molar-refractivity contribution in [2.45, 2.75) is 39.2 Å². The molecule has 1 fully saturated rings. The molecule has 3 aromatic rings. The molecule has 2 amide bonds. The molecule has 0 saturated carbocycles. The number of carbonyl (C=O) groups is 1. The first-order valence-corrected chi connectivity index (χ1v) is 8.68. The van der Waals surface area contributed by atoms with Gasteiger partial charge in [-0.1, -0.05) is 0 Å². The van der Waals surface area contributed by atoms with Crippen LogP contribution < -0.4 is 5.32 Å². The number of pyridine rings is 1. The molecule has 25 heavy (non-hydrogen) atoms. The lowest BCUT2D eigenvalue weighted by molar-refractivity contribution is 0.205. The molecule has 1 saturated heterocycles. The molecular weight excluding hydrogens is 316 g/mol. The largest absolute Gasteiger partial charge is 0.346 e. The number of hydrogen-bond donors (Lipinski definition) is 2. The van der Waals surface area contributed by atoms with Crippen molar-refractivity contribution in [3.63, 3.8) is 0 Å². The maximum absolute atomic E-state index is 12.3. The molecule has 0 radical (unpaired) electrons. The Kier molecular flexibility index (Phi) is 3.78. The van der Waals surface area contributed by atoms with Crippen LogP contribution in [-0.4, -0.2) is 50.0 Å². The van der Waals surface area contributed by atoms with Crippen molar-refractivity contribution < 1.29 is 4.79 Å². The highest BCUT2D eigenvalue weighted by molar-refractivity contribution is 6.04. The minimum absolute atomic E-state index is 0.00868. The summed E-state index contributed by atoms with van der Waals surface area (Å²) in [5, 5.41) is 5.06. The quantitative estimate of drug-likeness (QED) is 0.752. The number of nitrogens with one attached hydrogen (secondary N) is 2. The smallest absolute Gasteiger partial charge is 0.317 e. The predicted molar refractivity (Wildman–Crippen MR) is 96.5 cm³/mol. The van der Waals surface area contributed by atoms with Crippen LogP contribution in [0.2, 0.25) is 0 Å². The van der Waals surface area contributed by atoms with Crippen LogP contribution in [0.4, 0.5) is 4.79 Å². The molecule has 1 aliphatic rings. The van der Waals surface area contributed by atoms with Gasteiger partial charge in [-0.05, 0) is 33.3 Å². The van der Waals surface area contributed by atoms with Crippen LogP contribution in [0.3, 0.4) is 0 Å². The molecule has 0 aliphatic carbocycles. The number of aromatic nitrogens is 4. The molecule has 1 unspecified atom stereocenters. The second kappa shape index (κ2) is 5.98. The Balaban J connectivity index is 1.74. The van der Waals surface area contributed by atoms with Gasteiger partial charge < -0.3 is 15.2 Å². The molecule has 4 heterocycles. The van der Waals surface area contributed by atoms with Crippen molar-refractivity contribution in [2.75, 3.05) is 13.1 Å². The van der Waals surface area contributed by atoms with Crippen molar-refractivity contribution in [1.82, 2.24) is 30.2 Å². The topological polar surface area (TPSA) is 86.8 Å². The third-order valence-electron chi connectivity index (χ3n) is 4.68. The zero-order valence-electron chi connectivity index (χ0n) is 14.7. The van der Waals surface area contributed by atoms with Gasteiger partial charge in [0.15, 0.2) is 5.65 Å². The lowest BCUT2D eigenvalue weighted by atomic mass is 9.99. The van der Waals surface area contributed by atoms with Gasteiger partial charge in [0, 0.05) is 47.7 Å². The van der Waals surface area contributed by atoms with Crippen molar-refractivity contribution >= 4 is 28.0 Å². The Morgan fingerprint density at radius 2 is 2.24 bits per heavy atom. The Hall–Kier alpha value is -2.70. The van der Waals surface area contributed by atoms with Crippen molar-refractivity contribution in [3.05, 3.63) is 30.0 Å². The molecule has 7 heteroatoms. The van der Waals surface area contributed by atoms with E-state index >= 15 is 0 Å². The van der Waals surface area contributed by atoms with Crippen LogP contribution in [0.15, 0.2) is 18.5 Å². The SMILES string of the molecule is Cc1nc2cnc3nccc3c2c(C2CCN(C(=O)NC(C)C)C2)[nH]1. The number of rotatable bonds is 2.